The summed E-state index contributed by atoms with van der Waals surface area (Å²) in [6, 6.07) is 8.48. The maximum absolute atomic E-state index is 5.99. The summed E-state index contributed by atoms with van der Waals surface area (Å²) in [4.78, 5) is 6.75. The van der Waals surface area contributed by atoms with Crippen molar-refractivity contribution in [2.24, 2.45) is 4.99 Å². The highest BCUT2D eigenvalue weighted by molar-refractivity contribution is 14.0. The number of unbranched alkanes of at least 4 members (excludes halogenated alkanes) is 2. The highest BCUT2D eigenvalue weighted by Crippen LogP contribution is 2.24. The molecule has 1 aromatic rings. The number of hydrogen-bond donors (Lipinski definition) is 1. The first-order valence-corrected chi connectivity index (χ1v) is 8.39. The Kier molecular flexibility index (Phi) is 9.55. The number of nitrogens with one attached hydrogen (secondary N) is 1. The summed E-state index contributed by atoms with van der Waals surface area (Å²) in [7, 11) is 1.86. The van der Waals surface area contributed by atoms with Gasteiger partial charge in [-0.25, -0.2) is 0 Å². The zero-order chi connectivity index (χ0) is 15.8. The van der Waals surface area contributed by atoms with Crippen LogP contribution in [0.2, 0.25) is 0 Å². The van der Waals surface area contributed by atoms with E-state index in [2.05, 4.69) is 53.3 Å². The van der Waals surface area contributed by atoms with Gasteiger partial charge in [0.2, 0.25) is 0 Å². The molecule has 23 heavy (non-hydrogen) atoms. The van der Waals surface area contributed by atoms with Crippen molar-refractivity contribution in [3.05, 3.63) is 35.4 Å². The quantitative estimate of drug-likeness (QED) is 0.334. The monoisotopic (exact) mass is 431 g/mol. The van der Waals surface area contributed by atoms with Gasteiger partial charge in [-0.2, -0.15) is 0 Å². The summed E-state index contributed by atoms with van der Waals surface area (Å²) < 4.78 is 5.99. The second kappa shape index (κ2) is 10.9. The third kappa shape index (κ3) is 5.95. The molecule has 1 saturated heterocycles. The lowest BCUT2D eigenvalue weighted by Crippen LogP contribution is -2.48. The summed E-state index contributed by atoms with van der Waals surface area (Å²) in [6.45, 7) is 7.87. The van der Waals surface area contributed by atoms with Crippen LogP contribution in [-0.4, -0.2) is 44.1 Å². The van der Waals surface area contributed by atoms with Crippen LogP contribution in [0.5, 0.6) is 0 Å². The summed E-state index contributed by atoms with van der Waals surface area (Å²) >= 11 is 0. The molecule has 1 aliphatic rings. The largest absolute Gasteiger partial charge is 0.370 e. The van der Waals surface area contributed by atoms with Gasteiger partial charge in [0, 0.05) is 20.1 Å². The lowest BCUT2D eigenvalue weighted by atomic mass is 10.0. The van der Waals surface area contributed by atoms with E-state index >= 15 is 0 Å². The van der Waals surface area contributed by atoms with Gasteiger partial charge in [0.1, 0.15) is 6.10 Å². The fourth-order valence-corrected chi connectivity index (χ4v) is 2.89. The number of rotatable bonds is 5. The van der Waals surface area contributed by atoms with E-state index in [9.17, 15) is 0 Å². The Bertz CT molecular complexity index is 493. The first-order valence-electron chi connectivity index (χ1n) is 8.39. The zero-order valence-electron chi connectivity index (χ0n) is 14.5. The lowest BCUT2D eigenvalue weighted by molar-refractivity contribution is -0.00830. The van der Waals surface area contributed by atoms with Crippen LogP contribution in [0.4, 0.5) is 0 Å². The van der Waals surface area contributed by atoms with Crippen LogP contribution in [0.15, 0.2) is 29.3 Å². The van der Waals surface area contributed by atoms with E-state index in [4.69, 9.17) is 4.74 Å². The maximum atomic E-state index is 5.99. The summed E-state index contributed by atoms with van der Waals surface area (Å²) in [5.74, 6) is 0.998. The standard InChI is InChI=1S/C18H29N3O.HI/c1-4-5-8-11-20-18(19-3)21-12-13-22-17(14-21)16-10-7-6-9-15(16)2;/h6-7,9-10,17H,4-5,8,11-14H2,1-3H3,(H,19,20);1H. The summed E-state index contributed by atoms with van der Waals surface area (Å²) in [5, 5.41) is 3.48. The predicted octanol–water partition coefficient (Wildman–Crippen LogP) is 3.75. The highest BCUT2D eigenvalue weighted by Gasteiger charge is 2.24. The third-order valence-corrected chi connectivity index (χ3v) is 4.18. The van der Waals surface area contributed by atoms with Gasteiger partial charge in [-0.1, -0.05) is 44.0 Å². The molecule has 1 atom stereocenters. The maximum Gasteiger partial charge on any atom is 0.193 e. The number of guanidine groups is 1. The predicted molar refractivity (Wildman–Crippen MR) is 108 cm³/mol. The number of ether oxygens (including phenoxy) is 1. The smallest absolute Gasteiger partial charge is 0.193 e. The van der Waals surface area contributed by atoms with E-state index in [-0.39, 0.29) is 30.1 Å². The Labute approximate surface area is 157 Å². The molecule has 130 valence electrons. The molecule has 1 fully saturated rings. The fraction of sp³-hybridized carbons (Fsp3) is 0.611. The molecule has 1 aromatic carbocycles. The molecule has 0 saturated carbocycles. The van der Waals surface area contributed by atoms with Crippen molar-refractivity contribution in [3.8, 4) is 0 Å². The van der Waals surface area contributed by atoms with Crippen molar-refractivity contribution in [3.63, 3.8) is 0 Å². The Morgan fingerprint density at radius 1 is 1.35 bits per heavy atom. The van der Waals surface area contributed by atoms with Gasteiger partial charge in [-0.15, -0.1) is 24.0 Å². The first kappa shape index (κ1) is 20.2. The molecule has 1 N–H and O–H groups in total. The van der Waals surface area contributed by atoms with Crippen molar-refractivity contribution in [2.45, 2.75) is 39.2 Å². The van der Waals surface area contributed by atoms with E-state index in [1.165, 1.54) is 30.4 Å². The Hall–Kier alpha value is -0.820. The van der Waals surface area contributed by atoms with Crippen LogP contribution in [0.1, 0.15) is 43.4 Å². The number of benzene rings is 1. The second-order valence-corrected chi connectivity index (χ2v) is 5.84. The normalized spacial score (nSPS) is 18.5. The number of aryl methyl sites for hydroxylation is 1. The van der Waals surface area contributed by atoms with Crippen LogP contribution < -0.4 is 5.32 Å². The van der Waals surface area contributed by atoms with Crippen molar-refractivity contribution < 1.29 is 4.74 Å². The molecule has 5 heteroatoms. The average molecular weight is 431 g/mol. The Balaban J connectivity index is 0.00000264. The van der Waals surface area contributed by atoms with Gasteiger partial charge in [-0.3, -0.25) is 4.99 Å². The lowest BCUT2D eigenvalue weighted by Gasteiger charge is -2.35. The number of halogens is 1. The molecule has 0 spiro atoms. The Morgan fingerprint density at radius 3 is 2.83 bits per heavy atom. The number of aliphatic imine (C=N–C) groups is 1. The van der Waals surface area contributed by atoms with E-state index in [0.29, 0.717) is 0 Å². The highest BCUT2D eigenvalue weighted by atomic mass is 127. The van der Waals surface area contributed by atoms with E-state index in [1.54, 1.807) is 0 Å². The zero-order valence-corrected chi connectivity index (χ0v) is 16.9. The Morgan fingerprint density at radius 2 is 2.13 bits per heavy atom. The van der Waals surface area contributed by atoms with Crippen molar-refractivity contribution >= 4 is 29.9 Å². The minimum absolute atomic E-state index is 0. The molecule has 0 bridgehead atoms. The molecule has 4 nitrogen and oxygen atoms in total. The molecule has 1 aliphatic heterocycles. The topological polar surface area (TPSA) is 36.9 Å². The molecule has 1 heterocycles. The minimum Gasteiger partial charge on any atom is -0.370 e. The van der Waals surface area contributed by atoms with E-state index in [0.717, 1.165) is 32.2 Å². The van der Waals surface area contributed by atoms with Gasteiger partial charge < -0.3 is 15.0 Å². The molecule has 1 unspecified atom stereocenters. The fourth-order valence-electron chi connectivity index (χ4n) is 2.89. The SMILES string of the molecule is CCCCCNC(=NC)N1CCOC(c2ccccc2C)C1.I. The van der Waals surface area contributed by atoms with E-state index in [1.807, 2.05) is 7.05 Å². The van der Waals surface area contributed by atoms with Gasteiger partial charge in [0.05, 0.1) is 13.2 Å². The second-order valence-electron chi connectivity index (χ2n) is 5.84. The van der Waals surface area contributed by atoms with Gasteiger partial charge in [-0.05, 0) is 24.5 Å². The number of nitrogens with zero attached hydrogens (tertiary/aromatic N) is 2. The van der Waals surface area contributed by atoms with Crippen LogP contribution >= 0.6 is 24.0 Å². The molecular weight excluding hydrogens is 401 g/mol. The van der Waals surface area contributed by atoms with Crippen LogP contribution in [0.3, 0.4) is 0 Å². The third-order valence-electron chi connectivity index (χ3n) is 4.18. The summed E-state index contributed by atoms with van der Waals surface area (Å²) in [6.07, 6.45) is 3.83. The molecule has 0 aromatic heterocycles. The number of morpholine rings is 1. The van der Waals surface area contributed by atoms with Crippen LogP contribution in [-0.2, 0) is 4.74 Å². The number of hydrogen-bond acceptors (Lipinski definition) is 2. The molecule has 0 radical (unpaired) electrons. The molecule has 2 rings (SSSR count). The van der Waals surface area contributed by atoms with Gasteiger partial charge in [0.25, 0.3) is 0 Å². The van der Waals surface area contributed by atoms with Crippen molar-refractivity contribution in [1.82, 2.24) is 10.2 Å². The average Bonchev–Trinajstić information content (AvgIpc) is 2.55. The molecule has 0 aliphatic carbocycles. The van der Waals surface area contributed by atoms with E-state index < -0.39 is 0 Å². The minimum atomic E-state index is 0. The summed E-state index contributed by atoms with van der Waals surface area (Å²) in [5.41, 5.74) is 2.58. The molecule has 0 amide bonds. The molecular formula is C18H30IN3O. The van der Waals surface area contributed by atoms with Crippen molar-refractivity contribution in [1.29, 1.82) is 0 Å². The van der Waals surface area contributed by atoms with Crippen molar-refractivity contribution in [2.75, 3.05) is 33.3 Å². The first-order chi connectivity index (χ1) is 10.8. The van der Waals surface area contributed by atoms with Gasteiger partial charge >= 0.3 is 0 Å². The van der Waals surface area contributed by atoms with Crippen LogP contribution in [0, 0.1) is 6.92 Å². The van der Waals surface area contributed by atoms with Crippen LogP contribution in [0.25, 0.3) is 0 Å². The van der Waals surface area contributed by atoms with Gasteiger partial charge in [0.15, 0.2) is 5.96 Å².